The molecule has 2 amide bonds. The van der Waals surface area contributed by atoms with Gasteiger partial charge in [0, 0.05) is 25.1 Å². The van der Waals surface area contributed by atoms with E-state index in [1.54, 1.807) is 30.3 Å². The minimum atomic E-state index is -3.86. The maximum Gasteiger partial charge on any atom is 0.244 e. The summed E-state index contributed by atoms with van der Waals surface area (Å²) in [6, 6.07) is 21.3. The number of aryl methyl sites for hydroxylation is 1. The average molecular weight is 568 g/mol. The molecule has 9 heteroatoms. The fourth-order valence-electron chi connectivity index (χ4n) is 4.38. The first-order chi connectivity index (χ1) is 19.1. The lowest BCUT2D eigenvalue weighted by molar-refractivity contribution is -0.140. The summed E-state index contributed by atoms with van der Waals surface area (Å²) >= 11 is 0. The molecule has 0 radical (unpaired) electrons. The smallest absolute Gasteiger partial charge is 0.244 e. The standard InChI is InChI=1S/C31H38FN3O4S/c1-4-6-20-33-31(37)29(21-25-12-8-7-9-13-25)34(22-26-14-10-11-15-28(26)32)30(36)23-35(40(3,38)39)27-18-16-24(5-2)17-19-27/h7-19,29H,4-6,20-23H2,1-3H3,(H,33,37). The molecule has 7 nitrogen and oxygen atoms in total. The van der Waals surface area contributed by atoms with Crippen molar-refractivity contribution in [1.82, 2.24) is 10.2 Å². The third kappa shape index (κ3) is 8.64. The van der Waals surface area contributed by atoms with Gasteiger partial charge in [-0.1, -0.05) is 80.9 Å². The van der Waals surface area contributed by atoms with E-state index in [-0.39, 0.29) is 24.4 Å². The Hall–Kier alpha value is -3.72. The molecule has 0 aliphatic carbocycles. The molecule has 0 bridgehead atoms. The first-order valence-corrected chi connectivity index (χ1v) is 15.4. The average Bonchev–Trinajstić information content (AvgIpc) is 2.94. The molecule has 3 rings (SSSR count). The Morgan fingerprint density at radius 2 is 1.55 bits per heavy atom. The maximum atomic E-state index is 14.8. The highest BCUT2D eigenvalue weighted by Gasteiger charge is 2.33. The number of carbonyl (C=O) groups is 2. The van der Waals surface area contributed by atoms with Crippen LogP contribution in [0.4, 0.5) is 10.1 Å². The van der Waals surface area contributed by atoms with E-state index < -0.39 is 34.3 Å². The summed E-state index contributed by atoms with van der Waals surface area (Å²) in [7, 11) is -3.86. The molecular weight excluding hydrogens is 529 g/mol. The fraction of sp³-hybridized carbons (Fsp3) is 0.355. The third-order valence-electron chi connectivity index (χ3n) is 6.71. The van der Waals surface area contributed by atoms with Gasteiger partial charge in [0.2, 0.25) is 21.8 Å². The molecule has 3 aromatic rings. The number of anilines is 1. The number of hydrogen-bond acceptors (Lipinski definition) is 4. The van der Waals surface area contributed by atoms with Crippen LogP contribution in [0.1, 0.15) is 43.4 Å². The molecule has 3 aromatic carbocycles. The van der Waals surface area contributed by atoms with Gasteiger partial charge in [-0.3, -0.25) is 13.9 Å². The van der Waals surface area contributed by atoms with Crippen LogP contribution in [0.15, 0.2) is 78.9 Å². The van der Waals surface area contributed by atoms with Crippen molar-refractivity contribution in [2.24, 2.45) is 0 Å². The number of nitrogens with one attached hydrogen (secondary N) is 1. The molecule has 1 N–H and O–H groups in total. The van der Waals surface area contributed by atoms with Gasteiger partial charge < -0.3 is 10.2 Å². The van der Waals surface area contributed by atoms with Gasteiger partial charge in [-0.05, 0) is 42.2 Å². The van der Waals surface area contributed by atoms with Crippen molar-refractivity contribution < 1.29 is 22.4 Å². The van der Waals surface area contributed by atoms with E-state index in [1.807, 2.05) is 56.3 Å². The number of amides is 2. The molecule has 0 aliphatic rings. The van der Waals surface area contributed by atoms with Crippen LogP contribution in [0, 0.1) is 5.82 Å². The summed E-state index contributed by atoms with van der Waals surface area (Å²) < 4.78 is 41.5. The van der Waals surface area contributed by atoms with Gasteiger partial charge in [0.1, 0.15) is 18.4 Å². The molecule has 0 aromatic heterocycles. The molecule has 40 heavy (non-hydrogen) atoms. The van der Waals surface area contributed by atoms with Gasteiger partial charge in [-0.25, -0.2) is 12.8 Å². The van der Waals surface area contributed by atoms with Crippen LogP contribution in [0.5, 0.6) is 0 Å². The number of unbranched alkanes of at least 4 members (excludes halogenated alkanes) is 1. The zero-order valence-electron chi connectivity index (χ0n) is 23.3. The monoisotopic (exact) mass is 567 g/mol. The summed E-state index contributed by atoms with van der Waals surface area (Å²) in [6.07, 6.45) is 3.64. The highest BCUT2D eigenvalue weighted by Crippen LogP contribution is 2.22. The summed E-state index contributed by atoms with van der Waals surface area (Å²) in [4.78, 5) is 28.8. The molecule has 0 spiro atoms. The molecule has 0 saturated heterocycles. The van der Waals surface area contributed by atoms with Crippen LogP contribution < -0.4 is 9.62 Å². The van der Waals surface area contributed by atoms with Crippen LogP contribution in [0.2, 0.25) is 0 Å². The number of nitrogens with zero attached hydrogens (tertiary/aromatic N) is 2. The quantitative estimate of drug-likeness (QED) is 0.286. The lowest BCUT2D eigenvalue weighted by Gasteiger charge is -2.33. The van der Waals surface area contributed by atoms with Crippen molar-refractivity contribution in [3.8, 4) is 0 Å². The molecular formula is C31H38FN3O4S. The SMILES string of the molecule is CCCCNC(=O)C(Cc1ccccc1)N(Cc1ccccc1F)C(=O)CN(c1ccc(CC)cc1)S(C)(=O)=O. The van der Waals surface area contributed by atoms with Crippen molar-refractivity contribution >= 4 is 27.5 Å². The lowest BCUT2D eigenvalue weighted by atomic mass is 10.0. The summed E-state index contributed by atoms with van der Waals surface area (Å²) in [5.74, 6) is -1.50. The molecule has 214 valence electrons. The zero-order valence-corrected chi connectivity index (χ0v) is 24.2. The number of hydrogen-bond donors (Lipinski definition) is 1. The van der Waals surface area contributed by atoms with Gasteiger partial charge in [-0.15, -0.1) is 0 Å². The van der Waals surface area contributed by atoms with E-state index in [4.69, 9.17) is 0 Å². The Morgan fingerprint density at radius 1 is 0.900 bits per heavy atom. The highest BCUT2D eigenvalue weighted by atomic mass is 32.2. The van der Waals surface area contributed by atoms with E-state index in [1.165, 1.54) is 11.0 Å². The minimum Gasteiger partial charge on any atom is -0.354 e. The fourth-order valence-corrected chi connectivity index (χ4v) is 5.23. The van der Waals surface area contributed by atoms with Crippen molar-refractivity contribution in [2.75, 3.05) is 23.7 Å². The molecule has 0 fully saturated rings. The highest BCUT2D eigenvalue weighted by molar-refractivity contribution is 7.92. The summed E-state index contributed by atoms with van der Waals surface area (Å²) in [5, 5.41) is 2.91. The Balaban J connectivity index is 2.03. The Morgan fingerprint density at radius 3 is 2.15 bits per heavy atom. The van der Waals surface area contributed by atoms with E-state index in [9.17, 15) is 22.4 Å². The maximum absolute atomic E-state index is 14.8. The summed E-state index contributed by atoms with van der Waals surface area (Å²) in [6.45, 7) is 3.70. The topological polar surface area (TPSA) is 86.8 Å². The van der Waals surface area contributed by atoms with Crippen LogP contribution >= 0.6 is 0 Å². The zero-order chi connectivity index (χ0) is 29.1. The predicted octanol–water partition coefficient (Wildman–Crippen LogP) is 4.71. The van der Waals surface area contributed by atoms with Crippen LogP contribution in [-0.4, -0.2) is 50.5 Å². The number of sulfonamides is 1. The van der Waals surface area contributed by atoms with Gasteiger partial charge in [0.15, 0.2) is 0 Å². The second kappa shape index (κ2) is 14.6. The van der Waals surface area contributed by atoms with E-state index in [0.29, 0.717) is 12.2 Å². The van der Waals surface area contributed by atoms with E-state index in [0.717, 1.165) is 41.0 Å². The van der Waals surface area contributed by atoms with Gasteiger partial charge in [0.05, 0.1) is 11.9 Å². The lowest BCUT2D eigenvalue weighted by Crippen LogP contribution is -2.53. The first-order valence-electron chi connectivity index (χ1n) is 13.5. The van der Waals surface area contributed by atoms with Crippen molar-refractivity contribution in [3.05, 3.63) is 101 Å². The Bertz CT molecular complexity index is 1360. The number of halogens is 1. The van der Waals surface area contributed by atoms with E-state index >= 15 is 0 Å². The van der Waals surface area contributed by atoms with Crippen LogP contribution in [-0.2, 0) is 39.0 Å². The van der Waals surface area contributed by atoms with Crippen molar-refractivity contribution in [2.45, 2.75) is 52.1 Å². The minimum absolute atomic E-state index is 0.184. The van der Waals surface area contributed by atoms with Crippen LogP contribution in [0.25, 0.3) is 0 Å². The van der Waals surface area contributed by atoms with Gasteiger partial charge in [-0.2, -0.15) is 0 Å². The van der Waals surface area contributed by atoms with Gasteiger partial charge in [0.25, 0.3) is 0 Å². The normalized spacial score (nSPS) is 12.0. The third-order valence-corrected chi connectivity index (χ3v) is 7.85. The first kappa shape index (κ1) is 30.8. The number of benzene rings is 3. The Labute approximate surface area is 237 Å². The number of carbonyl (C=O) groups excluding carboxylic acids is 2. The van der Waals surface area contributed by atoms with Crippen molar-refractivity contribution in [1.29, 1.82) is 0 Å². The molecule has 0 saturated carbocycles. The number of rotatable bonds is 14. The van der Waals surface area contributed by atoms with Crippen molar-refractivity contribution in [3.63, 3.8) is 0 Å². The Kier molecular flexibility index (Phi) is 11.3. The second-order valence-corrected chi connectivity index (χ2v) is 11.7. The second-order valence-electron chi connectivity index (χ2n) is 9.75. The predicted molar refractivity (Wildman–Crippen MR) is 157 cm³/mol. The molecule has 0 heterocycles. The van der Waals surface area contributed by atoms with E-state index in [2.05, 4.69) is 5.32 Å². The van der Waals surface area contributed by atoms with Gasteiger partial charge >= 0.3 is 0 Å². The molecule has 1 atom stereocenters. The molecule has 0 aliphatic heterocycles. The largest absolute Gasteiger partial charge is 0.354 e. The summed E-state index contributed by atoms with van der Waals surface area (Å²) in [5.41, 5.74) is 2.41. The molecule has 1 unspecified atom stereocenters. The van der Waals surface area contributed by atoms with Crippen LogP contribution in [0.3, 0.4) is 0 Å².